The van der Waals surface area contributed by atoms with Crippen LogP contribution in [0, 0.1) is 0 Å². The fraction of sp³-hybridized carbons (Fsp3) is 0.316. The molecule has 8 nitrogen and oxygen atoms in total. The molecule has 1 aromatic carbocycles. The summed E-state index contributed by atoms with van der Waals surface area (Å²) in [5, 5.41) is 7.29. The normalized spacial score (nSPS) is 16.2. The van der Waals surface area contributed by atoms with Crippen LogP contribution in [0.5, 0.6) is 5.75 Å². The standard InChI is InChI=1S/C19H21N5O3S/c1-27-16-2-4-17(5-3-16)28(25,26)24-12-8-15(9-13-24)19-21-18(22-23-19)14-6-10-20-11-7-14/h2-7,10-11,15H,8-9,12-13H2,1H3,(H,21,22,23). The highest BCUT2D eigenvalue weighted by molar-refractivity contribution is 7.89. The van der Waals surface area contributed by atoms with Crippen LogP contribution in [0.1, 0.15) is 24.6 Å². The number of methoxy groups -OCH3 is 1. The summed E-state index contributed by atoms with van der Waals surface area (Å²) >= 11 is 0. The van der Waals surface area contributed by atoms with Gasteiger partial charge in [-0.15, -0.1) is 0 Å². The lowest BCUT2D eigenvalue weighted by molar-refractivity contribution is 0.314. The summed E-state index contributed by atoms with van der Waals surface area (Å²) in [7, 11) is -1.95. The molecule has 1 aliphatic heterocycles. The number of hydrogen-bond acceptors (Lipinski definition) is 6. The predicted molar refractivity (Wildman–Crippen MR) is 103 cm³/mol. The van der Waals surface area contributed by atoms with E-state index in [-0.39, 0.29) is 10.8 Å². The minimum absolute atomic E-state index is 0.158. The zero-order valence-corrected chi connectivity index (χ0v) is 16.3. The number of nitrogens with one attached hydrogen (secondary N) is 1. The Morgan fingerprint density at radius 3 is 2.39 bits per heavy atom. The van der Waals surface area contributed by atoms with Crippen molar-refractivity contribution in [2.45, 2.75) is 23.7 Å². The van der Waals surface area contributed by atoms with Crippen molar-refractivity contribution in [1.82, 2.24) is 24.5 Å². The Balaban J connectivity index is 1.44. The van der Waals surface area contributed by atoms with Crippen molar-refractivity contribution >= 4 is 10.0 Å². The molecular weight excluding hydrogens is 378 g/mol. The minimum atomic E-state index is -3.51. The molecule has 0 radical (unpaired) electrons. The van der Waals surface area contributed by atoms with E-state index in [4.69, 9.17) is 4.74 Å². The molecule has 0 atom stereocenters. The van der Waals surface area contributed by atoms with Crippen LogP contribution in [-0.2, 0) is 10.0 Å². The Morgan fingerprint density at radius 1 is 1.07 bits per heavy atom. The van der Waals surface area contributed by atoms with E-state index in [0.29, 0.717) is 37.5 Å². The third-order valence-corrected chi connectivity index (χ3v) is 6.89. The number of piperidine rings is 1. The maximum absolute atomic E-state index is 12.9. The monoisotopic (exact) mass is 399 g/mol. The topological polar surface area (TPSA) is 101 Å². The van der Waals surface area contributed by atoms with Crippen LogP contribution in [-0.4, -0.2) is 53.1 Å². The van der Waals surface area contributed by atoms with Crippen molar-refractivity contribution in [1.29, 1.82) is 0 Å². The molecule has 0 amide bonds. The van der Waals surface area contributed by atoms with Gasteiger partial charge in [0.25, 0.3) is 0 Å². The summed E-state index contributed by atoms with van der Waals surface area (Å²) < 4.78 is 32.4. The molecule has 0 aliphatic carbocycles. The van der Waals surface area contributed by atoms with Gasteiger partial charge in [-0.3, -0.25) is 10.1 Å². The molecule has 3 aromatic rings. The molecule has 0 unspecified atom stereocenters. The molecule has 0 spiro atoms. The summed E-state index contributed by atoms with van der Waals surface area (Å²) in [5.41, 5.74) is 0.900. The average molecular weight is 399 g/mol. The lowest BCUT2D eigenvalue weighted by Gasteiger charge is -2.30. The molecule has 4 rings (SSSR count). The van der Waals surface area contributed by atoms with Crippen molar-refractivity contribution in [3.05, 3.63) is 54.6 Å². The van der Waals surface area contributed by atoms with Crippen LogP contribution < -0.4 is 4.74 Å². The second-order valence-electron chi connectivity index (χ2n) is 6.63. The molecule has 0 bridgehead atoms. The Hall–Kier alpha value is -2.78. The fourth-order valence-electron chi connectivity index (χ4n) is 3.35. The van der Waals surface area contributed by atoms with Crippen LogP contribution in [0.2, 0.25) is 0 Å². The second-order valence-corrected chi connectivity index (χ2v) is 8.57. The first kappa shape index (κ1) is 18.6. The minimum Gasteiger partial charge on any atom is -0.497 e. The zero-order valence-electron chi connectivity index (χ0n) is 15.4. The Bertz CT molecular complexity index is 1030. The lowest BCUT2D eigenvalue weighted by atomic mass is 9.97. The van der Waals surface area contributed by atoms with Gasteiger partial charge in [0, 0.05) is 37.0 Å². The van der Waals surface area contributed by atoms with Gasteiger partial charge >= 0.3 is 0 Å². The molecule has 3 heterocycles. The first-order valence-electron chi connectivity index (χ1n) is 9.05. The Kier molecular flexibility index (Phi) is 5.10. The zero-order chi connectivity index (χ0) is 19.6. The van der Waals surface area contributed by atoms with E-state index in [1.807, 2.05) is 12.1 Å². The molecule has 2 aromatic heterocycles. The van der Waals surface area contributed by atoms with Crippen LogP contribution in [0.4, 0.5) is 0 Å². The van der Waals surface area contributed by atoms with E-state index in [2.05, 4.69) is 20.2 Å². The SMILES string of the molecule is COc1ccc(S(=O)(=O)N2CCC(c3nc(-c4ccncc4)n[nH]3)CC2)cc1. The second kappa shape index (κ2) is 7.69. The number of sulfonamides is 1. The van der Waals surface area contributed by atoms with Crippen molar-refractivity contribution in [3.63, 3.8) is 0 Å². The molecule has 9 heteroatoms. The van der Waals surface area contributed by atoms with Crippen molar-refractivity contribution in [3.8, 4) is 17.1 Å². The first-order chi connectivity index (χ1) is 13.6. The molecular formula is C19H21N5O3S. The summed E-state index contributed by atoms with van der Waals surface area (Å²) in [6.45, 7) is 0.897. The molecule has 1 aliphatic rings. The van der Waals surface area contributed by atoms with Gasteiger partial charge in [-0.25, -0.2) is 13.4 Å². The van der Waals surface area contributed by atoms with E-state index in [1.165, 1.54) is 4.31 Å². The number of rotatable bonds is 5. The summed E-state index contributed by atoms with van der Waals surface area (Å²) in [6.07, 6.45) is 4.79. The van der Waals surface area contributed by atoms with Crippen LogP contribution in [0.15, 0.2) is 53.7 Å². The summed E-state index contributed by atoms with van der Waals surface area (Å²) in [5.74, 6) is 2.22. The average Bonchev–Trinajstić information content (AvgIpc) is 3.25. The van der Waals surface area contributed by atoms with Crippen LogP contribution in [0.25, 0.3) is 11.4 Å². The van der Waals surface area contributed by atoms with Gasteiger partial charge in [0.05, 0.1) is 12.0 Å². The number of H-pyrrole nitrogens is 1. The van der Waals surface area contributed by atoms with Gasteiger partial charge in [0.1, 0.15) is 11.6 Å². The molecule has 146 valence electrons. The Morgan fingerprint density at radius 2 is 1.75 bits per heavy atom. The predicted octanol–water partition coefficient (Wildman–Crippen LogP) is 2.44. The van der Waals surface area contributed by atoms with E-state index >= 15 is 0 Å². The third kappa shape index (κ3) is 3.63. The summed E-state index contributed by atoms with van der Waals surface area (Å²) in [4.78, 5) is 8.87. The van der Waals surface area contributed by atoms with Gasteiger partial charge in [-0.05, 0) is 49.2 Å². The quantitative estimate of drug-likeness (QED) is 0.707. The maximum Gasteiger partial charge on any atom is 0.243 e. The highest BCUT2D eigenvalue weighted by atomic mass is 32.2. The summed E-state index contributed by atoms with van der Waals surface area (Å²) in [6, 6.07) is 10.2. The highest BCUT2D eigenvalue weighted by Crippen LogP contribution is 2.30. The molecule has 28 heavy (non-hydrogen) atoms. The largest absolute Gasteiger partial charge is 0.497 e. The van der Waals surface area contributed by atoms with E-state index < -0.39 is 10.0 Å². The Labute approximate surface area is 163 Å². The van der Waals surface area contributed by atoms with Crippen LogP contribution >= 0.6 is 0 Å². The third-order valence-electron chi connectivity index (χ3n) is 4.98. The van der Waals surface area contributed by atoms with E-state index in [0.717, 1.165) is 11.4 Å². The molecule has 1 N–H and O–H groups in total. The number of nitrogens with zero attached hydrogens (tertiary/aromatic N) is 4. The van der Waals surface area contributed by atoms with Crippen molar-refractivity contribution in [2.24, 2.45) is 0 Å². The highest BCUT2D eigenvalue weighted by Gasteiger charge is 2.31. The molecule has 1 fully saturated rings. The number of aromatic nitrogens is 4. The van der Waals surface area contributed by atoms with Crippen molar-refractivity contribution < 1.29 is 13.2 Å². The van der Waals surface area contributed by atoms with Crippen molar-refractivity contribution in [2.75, 3.05) is 20.2 Å². The van der Waals surface area contributed by atoms with Gasteiger partial charge in [0.15, 0.2) is 5.82 Å². The van der Waals surface area contributed by atoms with Gasteiger partial charge < -0.3 is 4.74 Å². The fourth-order valence-corrected chi connectivity index (χ4v) is 4.82. The van der Waals surface area contributed by atoms with E-state index in [9.17, 15) is 8.42 Å². The van der Waals surface area contributed by atoms with E-state index in [1.54, 1.807) is 43.8 Å². The smallest absolute Gasteiger partial charge is 0.243 e. The molecule has 1 saturated heterocycles. The number of aromatic amines is 1. The van der Waals surface area contributed by atoms with Gasteiger partial charge in [-0.1, -0.05) is 0 Å². The van der Waals surface area contributed by atoms with Crippen LogP contribution in [0.3, 0.4) is 0 Å². The number of pyridine rings is 1. The van der Waals surface area contributed by atoms with Gasteiger partial charge in [-0.2, -0.15) is 9.40 Å². The number of hydrogen-bond donors (Lipinski definition) is 1. The number of ether oxygens (including phenoxy) is 1. The van der Waals surface area contributed by atoms with Gasteiger partial charge in [0.2, 0.25) is 10.0 Å². The first-order valence-corrected chi connectivity index (χ1v) is 10.5. The number of benzene rings is 1. The lowest BCUT2D eigenvalue weighted by Crippen LogP contribution is -2.38. The molecule has 0 saturated carbocycles. The maximum atomic E-state index is 12.9.